The van der Waals surface area contributed by atoms with Crippen LogP contribution in [0, 0.1) is 0 Å². The number of rotatable bonds is 2. The molecule has 3 rings (SSSR count). The zero-order chi connectivity index (χ0) is 14.5. The summed E-state index contributed by atoms with van der Waals surface area (Å²) in [7, 11) is 0. The minimum atomic E-state index is -0.156. The van der Waals surface area contributed by atoms with Gasteiger partial charge in [0.25, 0.3) is 5.91 Å². The Hall–Kier alpha value is -2.62. The largest absolute Gasteiger partial charge is 0.285 e. The fraction of sp³-hybridized carbons (Fsp3) is 0.176. The average Bonchev–Trinajstić information content (AvgIpc) is 3.03. The summed E-state index contributed by atoms with van der Waals surface area (Å²) in [5.74, 6) is 0.893. The van der Waals surface area contributed by atoms with E-state index in [-0.39, 0.29) is 11.8 Å². The first kappa shape index (κ1) is 13.4. The Balaban J connectivity index is 1.64. The second kappa shape index (κ2) is 6.22. The summed E-state index contributed by atoms with van der Waals surface area (Å²) in [6.07, 6.45) is 0.966. The van der Waals surface area contributed by atoms with Crippen molar-refractivity contribution in [3.63, 3.8) is 0 Å². The standard InChI is InChI=1S/C17H17N3O/c21-17(14-9-5-2-6-10-14)20-19-16-15(11-12-18-16)13-7-3-1-4-8-13/h1-10,15H,11-12H2,(H,18,19)(H,20,21). The van der Waals surface area contributed by atoms with E-state index in [1.54, 1.807) is 12.1 Å². The number of nitrogens with one attached hydrogen (secondary N) is 2. The smallest absolute Gasteiger partial charge is 0.269 e. The fourth-order valence-electron chi connectivity index (χ4n) is 2.48. The van der Waals surface area contributed by atoms with E-state index in [0.717, 1.165) is 18.8 Å². The highest BCUT2D eigenvalue weighted by Gasteiger charge is 2.23. The number of amides is 1. The molecule has 4 nitrogen and oxygen atoms in total. The number of hydrogen-bond acceptors (Lipinski definition) is 3. The molecular formula is C17H17N3O. The molecule has 1 unspecified atom stereocenters. The van der Waals surface area contributed by atoms with Gasteiger partial charge in [0.1, 0.15) is 5.84 Å². The molecule has 106 valence electrons. The summed E-state index contributed by atoms with van der Waals surface area (Å²) in [5.41, 5.74) is 7.54. The maximum Gasteiger partial charge on any atom is 0.269 e. The number of amidine groups is 1. The van der Waals surface area contributed by atoms with Gasteiger partial charge in [0.2, 0.25) is 0 Å². The maximum atomic E-state index is 12.0. The van der Waals surface area contributed by atoms with Crippen molar-refractivity contribution in [2.24, 2.45) is 4.99 Å². The second-order valence-corrected chi connectivity index (χ2v) is 4.96. The van der Waals surface area contributed by atoms with E-state index in [1.807, 2.05) is 36.4 Å². The van der Waals surface area contributed by atoms with E-state index < -0.39 is 0 Å². The molecule has 0 fully saturated rings. The minimum absolute atomic E-state index is 0.156. The van der Waals surface area contributed by atoms with Gasteiger partial charge >= 0.3 is 0 Å². The van der Waals surface area contributed by atoms with Crippen LogP contribution in [0.15, 0.2) is 65.7 Å². The van der Waals surface area contributed by atoms with Crippen LogP contribution < -0.4 is 10.9 Å². The molecule has 2 aromatic rings. The third-order valence-corrected chi connectivity index (χ3v) is 3.57. The van der Waals surface area contributed by atoms with Crippen molar-refractivity contribution in [3.05, 3.63) is 71.8 Å². The van der Waals surface area contributed by atoms with E-state index in [4.69, 9.17) is 0 Å². The molecule has 0 spiro atoms. The van der Waals surface area contributed by atoms with Crippen LogP contribution >= 0.6 is 0 Å². The Morgan fingerprint density at radius 2 is 1.67 bits per heavy atom. The van der Waals surface area contributed by atoms with E-state index in [0.29, 0.717) is 5.56 Å². The first-order chi connectivity index (χ1) is 10.3. The number of carbonyl (C=O) groups excluding carboxylic acids is 1. The maximum absolute atomic E-state index is 12.0. The Kier molecular flexibility index (Phi) is 3.96. The molecule has 1 heterocycles. The highest BCUT2D eigenvalue weighted by molar-refractivity contribution is 5.97. The molecule has 2 aromatic carbocycles. The lowest BCUT2D eigenvalue weighted by Gasteiger charge is -2.15. The molecule has 1 atom stereocenters. The van der Waals surface area contributed by atoms with E-state index in [1.165, 1.54) is 5.56 Å². The molecule has 0 aliphatic carbocycles. The molecule has 21 heavy (non-hydrogen) atoms. The Morgan fingerprint density at radius 3 is 2.38 bits per heavy atom. The summed E-state index contributed by atoms with van der Waals surface area (Å²) < 4.78 is 0. The number of nitrogens with zero attached hydrogens (tertiary/aromatic N) is 1. The van der Waals surface area contributed by atoms with Crippen molar-refractivity contribution in [2.75, 3.05) is 6.54 Å². The van der Waals surface area contributed by atoms with Gasteiger partial charge < -0.3 is 0 Å². The molecule has 0 aromatic heterocycles. The normalized spacial score (nSPS) is 17.1. The van der Waals surface area contributed by atoms with Crippen molar-refractivity contribution < 1.29 is 4.79 Å². The van der Waals surface area contributed by atoms with Gasteiger partial charge in [0.15, 0.2) is 0 Å². The highest BCUT2D eigenvalue weighted by Crippen LogP contribution is 2.24. The van der Waals surface area contributed by atoms with Crippen LogP contribution in [0.1, 0.15) is 28.3 Å². The molecular weight excluding hydrogens is 262 g/mol. The van der Waals surface area contributed by atoms with Gasteiger partial charge in [-0.3, -0.25) is 20.6 Å². The summed E-state index contributed by atoms with van der Waals surface area (Å²) >= 11 is 0. The number of hydrogen-bond donors (Lipinski definition) is 2. The van der Waals surface area contributed by atoms with Gasteiger partial charge in [-0.2, -0.15) is 0 Å². The minimum Gasteiger partial charge on any atom is -0.285 e. The summed E-state index contributed by atoms with van der Waals surface area (Å²) in [5, 5.41) is 0. The first-order valence-electron chi connectivity index (χ1n) is 7.05. The zero-order valence-corrected chi connectivity index (χ0v) is 11.6. The van der Waals surface area contributed by atoms with E-state index in [9.17, 15) is 4.79 Å². The predicted octanol–water partition coefficient (Wildman–Crippen LogP) is 2.51. The zero-order valence-electron chi connectivity index (χ0n) is 11.6. The van der Waals surface area contributed by atoms with Crippen LogP contribution in [-0.4, -0.2) is 18.3 Å². The summed E-state index contributed by atoms with van der Waals surface area (Å²) in [6.45, 7) is 0.781. The van der Waals surface area contributed by atoms with Gasteiger partial charge in [-0.1, -0.05) is 48.5 Å². The van der Waals surface area contributed by atoms with E-state index >= 15 is 0 Å². The molecule has 4 heteroatoms. The monoisotopic (exact) mass is 279 g/mol. The summed E-state index contributed by atoms with van der Waals surface area (Å²) in [4.78, 5) is 16.5. The van der Waals surface area contributed by atoms with Crippen molar-refractivity contribution in [2.45, 2.75) is 12.3 Å². The van der Waals surface area contributed by atoms with Gasteiger partial charge in [-0.05, 0) is 24.1 Å². The Bertz CT molecular complexity index is 638. The van der Waals surface area contributed by atoms with Gasteiger partial charge in [-0.15, -0.1) is 0 Å². The van der Waals surface area contributed by atoms with Gasteiger partial charge in [0.05, 0.1) is 0 Å². The van der Waals surface area contributed by atoms with Gasteiger partial charge in [-0.25, -0.2) is 0 Å². The van der Waals surface area contributed by atoms with Crippen molar-refractivity contribution in [1.29, 1.82) is 0 Å². The van der Waals surface area contributed by atoms with Crippen LogP contribution in [0.2, 0.25) is 0 Å². The van der Waals surface area contributed by atoms with Gasteiger partial charge in [0, 0.05) is 18.0 Å². The van der Waals surface area contributed by atoms with Crippen molar-refractivity contribution >= 4 is 11.7 Å². The number of aliphatic imine (C=N–C) groups is 1. The predicted molar refractivity (Wildman–Crippen MR) is 83.1 cm³/mol. The number of hydrazine groups is 1. The molecule has 2 N–H and O–H groups in total. The third kappa shape index (κ3) is 3.11. The van der Waals surface area contributed by atoms with E-state index in [2.05, 4.69) is 28.0 Å². The number of carbonyl (C=O) groups is 1. The average molecular weight is 279 g/mol. The molecule has 1 aliphatic rings. The first-order valence-corrected chi connectivity index (χ1v) is 7.05. The lowest BCUT2D eigenvalue weighted by atomic mass is 9.97. The molecule has 1 aliphatic heterocycles. The van der Waals surface area contributed by atoms with Crippen LogP contribution in [0.5, 0.6) is 0 Å². The topological polar surface area (TPSA) is 53.5 Å². The lowest BCUT2D eigenvalue weighted by molar-refractivity contribution is 0.0943. The summed E-state index contributed by atoms with van der Waals surface area (Å²) in [6, 6.07) is 19.4. The van der Waals surface area contributed by atoms with Crippen molar-refractivity contribution in [1.82, 2.24) is 10.9 Å². The fourth-order valence-corrected chi connectivity index (χ4v) is 2.48. The quantitative estimate of drug-likeness (QED) is 0.830. The van der Waals surface area contributed by atoms with Crippen LogP contribution in [0.25, 0.3) is 0 Å². The lowest BCUT2D eigenvalue weighted by Crippen LogP contribution is -2.43. The molecule has 1 amide bonds. The highest BCUT2D eigenvalue weighted by atomic mass is 16.2. The van der Waals surface area contributed by atoms with Crippen LogP contribution in [-0.2, 0) is 0 Å². The van der Waals surface area contributed by atoms with Crippen LogP contribution in [0.4, 0.5) is 0 Å². The molecule has 0 saturated heterocycles. The number of benzene rings is 2. The molecule has 0 saturated carbocycles. The molecule has 0 bridgehead atoms. The Labute approximate surface area is 123 Å². The Morgan fingerprint density at radius 1 is 1.00 bits per heavy atom. The second-order valence-electron chi connectivity index (χ2n) is 4.96. The van der Waals surface area contributed by atoms with Crippen LogP contribution in [0.3, 0.4) is 0 Å². The third-order valence-electron chi connectivity index (χ3n) is 3.57. The molecule has 0 radical (unpaired) electrons. The van der Waals surface area contributed by atoms with Crippen molar-refractivity contribution in [3.8, 4) is 0 Å². The SMILES string of the molecule is O=C(NNC1=NCCC1c1ccccc1)c1ccccc1.